The number of nitrogens with zero attached hydrogens (tertiary/aromatic N) is 1. The monoisotopic (exact) mass is 278 g/mol. The van der Waals surface area contributed by atoms with Gasteiger partial charge in [-0.2, -0.15) is 0 Å². The predicted molar refractivity (Wildman–Crippen MR) is 81.2 cm³/mol. The van der Waals surface area contributed by atoms with E-state index in [2.05, 4.69) is 24.0 Å². The van der Waals surface area contributed by atoms with Crippen molar-refractivity contribution in [2.45, 2.75) is 26.3 Å². The molecule has 1 aromatic rings. The molecule has 0 bridgehead atoms. The Hall–Kier alpha value is -1.26. The number of rotatable bonds is 5. The molecule has 0 unspecified atom stereocenters. The van der Waals surface area contributed by atoms with Crippen LogP contribution < -0.4 is 15.2 Å². The smallest absolute Gasteiger partial charge is 0.161 e. The molecule has 4 nitrogen and oxygen atoms in total. The lowest BCUT2D eigenvalue weighted by Gasteiger charge is -2.38. The summed E-state index contributed by atoms with van der Waals surface area (Å²) in [6, 6.07) is 6.15. The lowest BCUT2D eigenvalue weighted by molar-refractivity contribution is 0.119. The van der Waals surface area contributed by atoms with Crippen molar-refractivity contribution in [2.24, 2.45) is 11.1 Å². The zero-order valence-electron chi connectivity index (χ0n) is 12.8. The Balaban J connectivity index is 1.98. The van der Waals surface area contributed by atoms with Crippen molar-refractivity contribution in [1.82, 2.24) is 4.90 Å². The van der Waals surface area contributed by atoms with Crippen molar-refractivity contribution >= 4 is 0 Å². The fourth-order valence-corrected chi connectivity index (χ4v) is 2.69. The molecule has 2 N–H and O–H groups in total. The van der Waals surface area contributed by atoms with E-state index >= 15 is 0 Å². The van der Waals surface area contributed by atoms with Crippen molar-refractivity contribution in [1.29, 1.82) is 0 Å². The number of ether oxygens (including phenoxy) is 2. The summed E-state index contributed by atoms with van der Waals surface area (Å²) in [4.78, 5) is 2.48. The fraction of sp³-hybridized carbons (Fsp3) is 0.625. The summed E-state index contributed by atoms with van der Waals surface area (Å²) in [5.74, 6) is 1.58. The number of likely N-dealkylation sites (tertiary alicyclic amines) is 1. The van der Waals surface area contributed by atoms with Crippen molar-refractivity contribution in [3.63, 3.8) is 0 Å². The molecule has 1 aromatic carbocycles. The first-order valence-corrected chi connectivity index (χ1v) is 7.23. The van der Waals surface area contributed by atoms with Gasteiger partial charge in [-0.25, -0.2) is 0 Å². The predicted octanol–water partition coefficient (Wildman–Crippen LogP) is 2.26. The number of piperidine rings is 1. The number of hydrogen-bond donors (Lipinski definition) is 1. The van der Waals surface area contributed by atoms with Crippen LogP contribution in [0.4, 0.5) is 0 Å². The van der Waals surface area contributed by atoms with Crippen LogP contribution in [0.3, 0.4) is 0 Å². The van der Waals surface area contributed by atoms with E-state index in [-0.39, 0.29) is 0 Å². The van der Waals surface area contributed by atoms with Crippen LogP contribution in [0.1, 0.15) is 25.3 Å². The Kier molecular flexibility index (Phi) is 4.89. The molecule has 112 valence electrons. The average Bonchev–Trinajstić information content (AvgIpc) is 2.49. The minimum absolute atomic E-state index is 0.327. The molecule has 2 rings (SSSR count). The van der Waals surface area contributed by atoms with E-state index in [4.69, 9.17) is 15.2 Å². The molecule has 4 heteroatoms. The van der Waals surface area contributed by atoms with Gasteiger partial charge in [0.25, 0.3) is 0 Å². The van der Waals surface area contributed by atoms with Gasteiger partial charge in [0.2, 0.25) is 0 Å². The maximum absolute atomic E-state index is 5.86. The van der Waals surface area contributed by atoms with Gasteiger partial charge in [0.05, 0.1) is 14.2 Å². The highest BCUT2D eigenvalue weighted by atomic mass is 16.5. The Labute approximate surface area is 121 Å². The molecule has 0 aliphatic carbocycles. The SMILES string of the molecule is COc1ccc(CN2CCC(C)(CN)CC2)cc1OC. The van der Waals surface area contributed by atoms with Crippen LogP contribution in [0.2, 0.25) is 0 Å². The molecular weight excluding hydrogens is 252 g/mol. The van der Waals surface area contributed by atoms with Gasteiger partial charge in [-0.3, -0.25) is 4.90 Å². The van der Waals surface area contributed by atoms with Crippen LogP contribution in [-0.2, 0) is 6.54 Å². The topological polar surface area (TPSA) is 47.7 Å². The number of methoxy groups -OCH3 is 2. The third-order valence-electron chi connectivity index (χ3n) is 4.41. The zero-order chi connectivity index (χ0) is 14.6. The second kappa shape index (κ2) is 6.46. The summed E-state index contributed by atoms with van der Waals surface area (Å²) in [5, 5.41) is 0. The Morgan fingerprint density at radius 1 is 1.15 bits per heavy atom. The first-order valence-electron chi connectivity index (χ1n) is 7.23. The molecule has 0 spiro atoms. The van der Waals surface area contributed by atoms with Crippen LogP contribution in [0.25, 0.3) is 0 Å². The summed E-state index contributed by atoms with van der Waals surface area (Å²) < 4.78 is 10.6. The van der Waals surface area contributed by atoms with Crippen LogP contribution in [0.15, 0.2) is 18.2 Å². The zero-order valence-corrected chi connectivity index (χ0v) is 12.8. The first-order chi connectivity index (χ1) is 9.60. The molecule has 1 saturated heterocycles. The summed E-state index contributed by atoms with van der Waals surface area (Å²) in [6.45, 7) is 6.27. The molecule has 0 atom stereocenters. The van der Waals surface area contributed by atoms with Gasteiger partial charge in [-0.1, -0.05) is 13.0 Å². The van der Waals surface area contributed by atoms with Gasteiger partial charge in [0.15, 0.2) is 11.5 Å². The molecule has 1 heterocycles. The minimum atomic E-state index is 0.327. The van der Waals surface area contributed by atoms with Gasteiger partial charge in [-0.15, -0.1) is 0 Å². The molecule has 20 heavy (non-hydrogen) atoms. The highest BCUT2D eigenvalue weighted by Crippen LogP contribution is 2.31. The molecular formula is C16H26N2O2. The van der Waals surface area contributed by atoms with Gasteiger partial charge in [-0.05, 0) is 55.6 Å². The number of hydrogen-bond acceptors (Lipinski definition) is 4. The third-order valence-corrected chi connectivity index (χ3v) is 4.41. The quantitative estimate of drug-likeness (QED) is 0.897. The van der Waals surface area contributed by atoms with Crippen LogP contribution in [0, 0.1) is 5.41 Å². The van der Waals surface area contributed by atoms with E-state index in [1.807, 2.05) is 6.07 Å². The summed E-state index contributed by atoms with van der Waals surface area (Å²) in [5.41, 5.74) is 7.45. The van der Waals surface area contributed by atoms with Gasteiger partial charge in [0, 0.05) is 6.54 Å². The molecule has 1 aliphatic heterocycles. The molecule has 1 fully saturated rings. The first kappa shape index (κ1) is 15.1. The molecule has 0 radical (unpaired) electrons. The Morgan fingerprint density at radius 3 is 2.35 bits per heavy atom. The maximum atomic E-state index is 5.86. The second-order valence-electron chi connectivity index (χ2n) is 5.98. The van der Waals surface area contributed by atoms with E-state index < -0.39 is 0 Å². The van der Waals surface area contributed by atoms with E-state index in [9.17, 15) is 0 Å². The van der Waals surface area contributed by atoms with Crippen molar-refractivity contribution in [2.75, 3.05) is 33.9 Å². The lowest BCUT2D eigenvalue weighted by Crippen LogP contribution is -2.41. The normalized spacial score (nSPS) is 18.8. The second-order valence-corrected chi connectivity index (χ2v) is 5.98. The molecule has 0 amide bonds. The Bertz CT molecular complexity index is 440. The highest BCUT2D eigenvalue weighted by Gasteiger charge is 2.28. The average molecular weight is 278 g/mol. The van der Waals surface area contributed by atoms with E-state index in [1.54, 1.807) is 14.2 Å². The van der Waals surface area contributed by atoms with Crippen LogP contribution >= 0.6 is 0 Å². The van der Waals surface area contributed by atoms with Crippen molar-refractivity contribution in [3.05, 3.63) is 23.8 Å². The minimum Gasteiger partial charge on any atom is -0.493 e. The standard InChI is InChI=1S/C16H26N2O2/c1-16(12-17)6-8-18(9-7-16)11-13-4-5-14(19-2)15(10-13)20-3/h4-5,10H,6-9,11-12,17H2,1-3H3. The molecule has 0 saturated carbocycles. The van der Waals surface area contributed by atoms with Gasteiger partial charge in [0.1, 0.15) is 0 Å². The molecule has 1 aliphatic rings. The lowest BCUT2D eigenvalue weighted by atomic mass is 9.80. The number of benzene rings is 1. The third kappa shape index (κ3) is 3.44. The maximum Gasteiger partial charge on any atom is 0.161 e. The Morgan fingerprint density at radius 2 is 1.80 bits per heavy atom. The largest absolute Gasteiger partial charge is 0.493 e. The summed E-state index contributed by atoms with van der Waals surface area (Å²) in [7, 11) is 3.34. The van der Waals surface area contributed by atoms with E-state index in [0.29, 0.717) is 5.41 Å². The summed E-state index contributed by atoms with van der Waals surface area (Å²) >= 11 is 0. The van der Waals surface area contributed by atoms with Crippen LogP contribution in [0.5, 0.6) is 11.5 Å². The van der Waals surface area contributed by atoms with Gasteiger partial charge >= 0.3 is 0 Å². The van der Waals surface area contributed by atoms with E-state index in [1.165, 1.54) is 18.4 Å². The summed E-state index contributed by atoms with van der Waals surface area (Å²) in [6.07, 6.45) is 2.35. The van der Waals surface area contributed by atoms with Gasteiger partial charge < -0.3 is 15.2 Å². The highest BCUT2D eigenvalue weighted by molar-refractivity contribution is 5.42. The van der Waals surface area contributed by atoms with E-state index in [0.717, 1.165) is 37.7 Å². The number of nitrogens with two attached hydrogens (primary N) is 1. The van der Waals surface area contributed by atoms with Crippen molar-refractivity contribution < 1.29 is 9.47 Å². The molecule has 0 aromatic heterocycles. The van der Waals surface area contributed by atoms with Crippen molar-refractivity contribution in [3.8, 4) is 11.5 Å². The van der Waals surface area contributed by atoms with Crippen LogP contribution in [-0.4, -0.2) is 38.8 Å². The fourth-order valence-electron chi connectivity index (χ4n) is 2.69.